The summed E-state index contributed by atoms with van der Waals surface area (Å²) in [5.74, 6) is -3.93. The lowest BCUT2D eigenvalue weighted by Crippen LogP contribution is -2.52. The number of rotatable bonds is 6. The van der Waals surface area contributed by atoms with Gasteiger partial charge in [-0.3, -0.25) is 9.82 Å². The topological polar surface area (TPSA) is 122 Å². The maximum atomic E-state index is 14.3. The third-order valence-electron chi connectivity index (χ3n) is 5.52. The fraction of sp³-hybridized carbons (Fsp3) is 0.227. The quantitative estimate of drug-likeness (QED) is 0.339. The Labute approximate surface area is 208 Å². The van der Waals surface area contributed by atoms with Gasteiger partial charge in [0.2, 0.25) is 5.88 Å². The molecule has 9 nitrogen and oxygen atoms in total. The molecule has 14 heteroatoms. The van der Waals surface area contributed by atoms with Gasteiger partial charge >= 0.3 is 0 Å². The molecular weight excluding hydrogens is 521 g/mol. The van der Waals surface area contributed by atoms with Crippen molar-refractivity contribution in [1.29, 1.82) is 0 Å². The van der Waals surface area contributed by atoms with Crippen molar-refractivity contribution in [3.8, 4) is 17.3 Å². The van der Waals surface area contributed by atoms with E-state index in [1.807, 2.05) is 0 Å². The smallest absolute Gasteiger partial charge is 0.296 e. The number of nitrogens with one attached hydrogen (secondary N) is 3. The summed E-state index contributed by atoms with van der Waals surface area (Å²) in [6.07, 6.45) is 0.108. The van der Waals surface area contributed by atoms with Crippen LogP contribution in [-0.4, -0.2) is 53.7 Å². The lowest BCUT2D eigenvalue weighted by Gasteiger charge is -2.31. The van der Waals surface area contributed by atoms with Gasteiger partial charge in [-0.1, -0.05) is 11.6 Å². The molecule has 3 heterocycles. The van der Waals surface area contributed by atoms with Gasteiger partial charge in [-0.25, -0.2) is 26.6 Å². The van der Waals surface area contributed by atoms with E-state index in [-0.39, 0.29) is 34.5 Å². The van der Waals surface area contributed by atoms with Crippen LogP contribution in [0.1, 0.15) is 6.42 Å². The van der Waals surface area contributed by atoms with Crippen LogP contribution < -0.4 is 14.8 Å². The number of aromatic amines is 1. The number of hydrogen-bond donors (Lipinski definition) is 3. The molecule has 1 atom stereocenters. The molecule has 4 aromatic rings. The number of hydrogen-bond acceptors (Lipinski definition) is 7. The molecule has 1 unspecified atom stereocenters. The maximum absolute atomic E-state index is 14.3. The summed E-state index contributed by atoms with van der Waals surface area (Å²) < 4.78 is 75.8. The number of sulfonamides is 1. The van der Waals surface area contributed by atoms with Gasteiger partial charge in [0.1, 0.15) is 16.1 Å². The molecule has 1 aliphatic heterocycles. The first-order valence-corrected chi connectivity index (χ1v) is 12.5. The summed E-state index contributed by atoms with van der Waals surface area (Å²) in [6, 6.07) is 9.11. The van der Waals surface area contributed by atoms with Crippen molar-refractivity contribution in [3.05, 3.63) is 59.5 Å². The van der Waals surface area contributed by atoms with Crippen molar-refractivity contribution < 1.29 is 26.3 Å². The molecule has 3 N–H and O–H groups in total. The molecule has 0 saturated carbocycles. The summed E-state index contributed by atoms with van der Waals surface area (Å²) in [4.78, 5) is 8.09. The summed E-state index contributed by atoms with van der Waals surface area (Å²) >= 11 is 5.80. The van der Waals surface area contributed by atoms with E-state index in [0.29, 0.717) is 17.5 Å². The Balaban J connectivity index is 1.42. The molecule has 1 saturated heterocycles. The highest BCUT2D eigenvalue weighted by atomic mass is 35.5. The fourth-order valence-corrected chi connectivity index (χ4v) is 5.10. The van der Waals surface area contributed by atoms with Gasteiger partial charge in [0.15, 0.2) is 17.6 Å². The molecule has 0 aliphatic carbocycles. The maximum Gasteiger partial charge on any atom is 0.296 e. The Bertz CT molecular complexity index is 1530. The molecule has 2 aromatic heterocycles. The zero-order valence-corrected chi connectivity index (χ0v) is 19.9. The molecule has 0 amide bonds. The number of fused-ring (bicyclic) bond motifs is 1. The monoisotopic (exact) mass is 538 g/mol. The molecule has 1 fully saturated rings. The molecule has 188 valence electrons. The Morgan fingerprint density at radius 1 is 1.14 bits per heavy atom. The predicted molar refractivity (Wildman–Crippen MR) is 126 cm³/mol. The van der Waals surface area contributed by atoms with Gasteiger partial charge in [-0.2, -0.15) is 10.1 Å². The van der Waals surface area contributed by atoms with Crippen LogP contribution in [-0.2, 0) is 10.0 Å². The number of H-pyrrole nitrogens is 1. The van der Waals surface area contributed by atoms with E-state index in [0.717, 1.165) is 12.1 Å². The van der Waals surface area contributed by atoms with E-state index in [4.69, 9.17) is 16.3 Å². The van der Waals surface area contributed by atoms with Gasteiger partial charge in [0, 0.05) is 22.7 Å². The highest BCUT2D eigenvalue weighted by molar-refractivity contribution is 7.92. The number of benzene rings is 2. The second kappa shape index (κ2) is 9.22. The van der Waals surface area contributed by atoms with Crippen molar-refractivity contribution in [3.63, 3.8) is 0 Å². The SMILES string of the molecule is O=S(=O)(Nc1ccc(-c2nc(OC3CCNCC3(F)F)c3cn[nH]c3n2)cc1)c1cc(Cl)ccc1F. The van der Waals surface area contributed by atoms with E-state index in [2.05, 4.69) is 30.2 Å². The minimum Gasteiger partial charge on any atom is -0.467 e. The van der Waals surface area contributed by atoms with Crippen molar-refractivity contribution >= 4 is 38.3 Å². The molecular formula is C22H18ClF3N6O3S. The Morgan fingerprint density at radius 3 is 2.67 bits per heavy atom. The van der Waals surface area contributed by atoms with E-state index >= 15 is 0 Å². The van der Waals surface area contributed by atoms with Crippen LogP contribution in [0.5, 0.6) is 5.88 Å². The molecule has 5 rings (SSSR count). The van der Waals surface area contributed by atoms with Crippen LogP contribution >= 0.6 is 11.6 Å². The Kier molecular flexibility index (Phi) is 6.22. The average molecular weight is 539 g/mol. The number of anilines is 1. The third kappa shape index (κ3) is 4.81. The Hall–Kier alpha value is -3.42. The molecule has 1 aliphatic rings. The number of halogens is 4. The minimum atomic E-state index is -4.25. The summed E-state index contributed by atoms with van der Waals surface area (Å²) in [7, 11) is -4.25. The predicted octanol–water partition coefficient (Wildman–Crippen LogP) is 3.99. The summed E-state index contributed by atoms with van der Waals surface area (Å²) in [5, 5.41) is 9.63. The number of aromatic nitrogens is 4. The van der Waals surface area contributed by atoms with Gasteiger partial charge < -0.3 is 10.1 Å². The van der Waals surface area contributed by atoms with Crippen LogP contribution in [0.25, 0.3) is 22.4 Å². The lowest BCUT2D eigenvalue weighted by atomic mass is 10.1. The van der Waals surface area contributed by atoms with Crippen LogP contribution in [0.4, 0.5) is 18.9 Å². The van der Waals surface area contributed by atoms with Crippen molar-refractivity contribution in [2.45, 2.75) is 23.3 Å². The van der Waals surface area contributed by atoms with E-state index in [1.165, 1.54) is 36.5 Å². The summed E-state index contributed by atoms with van der Waals surface area (Å²) in [5.41, 5.74) is 0.880. The normalized spacial score (nSPS) is 17.7. The third-order valence-corrected chi connectivity index (χ3v) is 7.15. The van der Waals surface area contributed by atoms with E-state index in [9.17, 15) is 21.6 Å². The highest BCUT2D eigenvalue weighted by Gasteiger charge is 2.44. The number of nitrogens with zero attached hydrogens (tertiary/aromatic N) is 3. The fourth-order valence-electron chi connectivity index (χ4n) is 3.70. The van der Waals surface area contributed by atoms with Crippen LogP contribution in [0, 0.1) is 5.82 Å². The van der Waals surface area contributed by atoms with Crippen LogP contribution in [0.15, 0.2) is 53.6 Å². The first kappa shape index (κ1) is 24.3. The number of ether oxygens (including phenoxy) is 1. The molecule has 36 heavy (non-hydrogen) atoms. The Morgan fingerprint density at radius 2 is 1.92 bits per heavy atom. The molecule has 0 radical (unpaired) electrons. The number of alkyl halides is 2. The van der Waals surface area contributed by atoms with Crippen LogP contribution in [0.3, 0.4) is 0 Å². The second-order valence-corrected chi connectivity index (χ2v) is 10.2. The van der Waals surface area contributed by atoms with Crippen LogP contribution in [0.2, 0.25) is 5.02 Å². The van der Waals surface area contributed by atoms with Crippen molar-refractivity contribution in [1.82, 2.24) is 25.5 Å². The highest BCUT2D eigenvalue weighted by Crippen LogP contribution is 2.32. The van der Waals surface area contributed by atoms with Crippen molar-refractivity contribution in [2.24, 2.45) is 0 Å². The largest absolute Gasteiger partial charge is 0.467 e. The minimum absolute atomic E-state index is 0.0449. The van der Waals surface area contributed by atoms with Gasteiger partial charge in [-0.05, 0) is 49.0 Å². The second-order valence-electron chi connectivity index (χ2n) is 8.08. The zero-order chi connectivity index (χ0) is 25.5. The van der Waals surface area contributed by atoms with E-state index in [1.54, 1.807) is 0 Å². The first-order valence-electron chi connectivity index (χ1n) is 10.7. The van der Waals surface area contributed by atoms with Gasteiger partial charge in [0.05, 0.1) is 12.7 Å². The standard InChI is InChI=1S/C22H18ClF3N6O3S/c23-13-3-6-16(24)17(9-13)36(33,34)32-14-4-1-12(2-5-14)19-29-20-15(10-28-31-20)21(30-19)35-18-7-8-27-11-22(18,25)26/h1-6,9-10,18,27,32H,7-8,11H2,(H,28,29,30,31). The average Bonchev–Trinajstić information content (AvgIpc) is 3.31. The van der Waals surface area contributed by atoms with Gasteiger partial charge in [0.25, 0.3) is 15.9 Å². The number of piperidine rings is 1. The zero-order valence-electron chi connectivity index (χ0n) is 18.3. The van der Waals surface area contributed by atoms with Crippen molar-refractivity contribution in [2.75, 3.05) is 17.8 Å². The van der Waals surface area contributed by atoms with Gasteiger partial charge in [-0.15, -0.1) is 0 Å². The lowest BCUT2D eigenvalue weighted by molar-refractivity contribution is -0.109. The summed E-state index contributed by atoms with van der Waals surface area (Å²) in [6.45, 7) is -0.121. The molecule has 0 bridgehead atoms. The van der Waals surface area contributed by atoms with E-state index < -0.39 is 39.3 Å². The first-order chi connectivity index (χ1) is 17.1. The molecule has 2 aromatic carbocycles. The molecule has 0 spiro atoms.